The van der Waals surface area contributed by atoms with Crippen LogP contribution in [0.5, 0.6) is 0 Å². The van der Waals surface area contributed by atoms with Crippen molar-refractivity contribution in [2.75, 3.05) is 11.9 Å². The van der Waals surface area contributed by atoms with Gasteiger partial charge in [-0.2, -0.15) is 5.10 Å². The van der Waals surface area contributed by atoms with Crippen molar-refractivity contribution in [3.8, 4) is 5.69 Å². The van der Waals surface area contributed by atoms with Crippen LogP contribution in [-0.4, -0.2) is 38.2 Å². The van der Waals surface area contributed by atoms with Crippen molar-refractivity contribution >= 4 is 17.6 Å². The third-order valence-corrected chi connectivity index (χ3v) is 3.89. The largest absolute Gasteiger partial charge is 0.462 e. The maximum Gasteiger partial charge on any atom is 0.341 e. The molecule has 0 atom stereocenters. The first-order chi connectivity index (χ1) is 13.0. The minimum atomic E-state index is -0.399. The van der Waals surface area contributed by atoms with E-state index in [0.717, 1.165) is 11.4 Å². The van der Waals surface area contributed by atoms with Gasteiger partial charge in [0, 0.05) is 11.9 Å². The number of hydrogen-bond donors (Lipinski definition) is 1. The lowest BCUT2D eigenvalue weighted by atomic mass is 10.2. The van der Waals surface area contributed by atoms with Gasteiger partial charge in [0.1, 0.15) is 11.3 Å². The van der Waals surface area contributed by atoms with E-state index in [1.54, 1.807) is 55.9 Å². The van der Waals surface area contributed by atoms with Crippen LogP contribution >= 0.6 is 0 Å². The van der Waals surface area contributed by atoms with Crippen LogP contribution in [0.25, 0.3) is 5.69 Å². The van der Waals surface area contributed by atoms with Gasteiger partial charge < -0.3 is 10.1 Å². The van der Waals surface area contributed by atoms with Crippen LogP contribution in [0.4, 0.5) is 5.69 Å². The molecule has 1 amide bonds. The summed E-state index contributed by atoms with van der Waals surface area (Å²) in [5.41, 5.74) is 3.46. The number of amides is 1. The number of hydrogen-bond acceptors (Lipinski definition) is 6. The Bertz CT molecular complexity index is 962. The maximum atomic E-state index is 12.2. The zero-order valence-electron chi connectivity index (χ0n) is 15.3. The van der Waals surface area contributed by atoms with Gasteiger partial charge in [-0.25, -0.2) is 14.5 Å². The van der Waals surface area contributed by atoms with E-state index >= 15 is 0 Å². The van der Waals surface area contributed by atoms with Crippen LogP contribution in [0.3, 0.4) is 0 Å². The monoisotopic (exact) mass is 365 g/mol. The Kier molecular flexibility index (Phi) is 5.25. The van der Waals surface area contributed by atoms with Gasteiger partial charge in [0.05, 0.1) is 36.1 Å². The number of carbonyl (C=O) groups excluding carboxylic acids is 2. The van der Waals surface area contributed by atoms with E-state index < -0.39 is 5.97 Å². The number of nitrogens with zero attached hydrogens (tertiary/aromatic N) is 4. The van der Waals surface area contributed by atoms with Gasteiger partial charge in [-0.05, 0) is 45.0 Å². The van der Waals surface area contributed by atoms with Crippen LogP contribution in [0.1, 0.15) is 39.2 Å². The minimum absolute atomic E-state index is 0.242. The molecule has 8 heteroatoms. The van der Waals surface area contributed by atoms with Crippen molar-refractivity contribution in [3.05, 3.63) is 65.5 Å². The highest BCUT2D eigenvalue weighted by atomic mass is 16.5. The van der Waals surface area contributed by atoms with E-state index in [9.17, 15) is 9.59 Å². The van der Waals surface area contributed by atoms with Gasteiger partial charge in [-0.1, -0.05) is 0 Å². The van der Waals surface area contributed by atoms with E-state index in [4.69, 9.17) is 4.74 Å². The topological polar surface area (TPSA) is 99.0 Å². The molecule has 0 aliphatic carbocycles. The maximum absolute atomic E-state index is 12.2. The van der Waals surface area contributed by atoms with Crippen LogP contribution in [-0.2, 0) is 4.74 Å². The number of rotatable bonds is 5. The Hall–Kier alpha value is -3.55. The van der Waals surface area contributed by atoms with Gasteiger partial charge in [0.2, 0.25) is 0 Å². The molecule has 0 fully saturated rings. The van der Waals surface area contributed by atoms with E-state index in [-0.39, 0.29) is 11.6 Å². The summed E-state index contributed by atoms with van der Waals surface area (Å²) in [7, 11) is 0. The first-order valence-electron chi connectivity index (χ1n) is 8.41. The molecule has 0 aliphatic heterocycles. The lowest BCUT2D eigenvalue weighted by Crippen LogP contribution is -2.14. The van der Waals surface area contributed by atoms with Crippen LogP contribution in [0.2, 0.25) is 0 Å². The number of benzene rings is 1. The van der Waals surface area contributed by atoms with Crippen LogP contribution in [0, 0.1) is 13.8 Å². The van der Waals surface area contributed by atoms with E-state index in [0.29, 0.717) is 23.6 Å². The molecule has 0 saturated carbocycles. The highest BCUT2D eigenvalue weighted by Crippen LogP contribution is 2.18. The fraction of sp³-hybridized carbons (Fsp3) is 0.211. The number of anilines is 1. The molecule has 3 aromatic rings. The van der Waals surface area contributed by atoms with Gasteiger partial charge in [-0.3, -0.25) is 9.78 Å². The predicted octanol–water partition coefficient (Wildman–Crippen LogP) is 2.71. The van der Waals surface area contributed by atoms with Crippen molar-refractivity contribution in [2.24, 2.45) is 0 Å². The highest BCUT2D eigenvalue weighted by molar-refractivity contribution is 6.02. The molecule has 0 bridgehead atoms. The standard InChI is InChI=1S/C19H19N5O3/c1-4-27-19(26)16-10-22-24(13(16)3)15-7-5-14(6-8-15)23-18(25)17-11-20-12(2)9-21-17/h5-11H,4H2,1-3H3,(H,23,25). The third-order valence-electron chi connectivity index (χ3n) is 3.89. The number of carbonyl (C=O) groups is 2. The molecule has 3 rings (SSSR count). The average Bonchev–Trinajstić information content (AvgIpc) is 3.04. The van der Waals surface area contributed by atoms with Crippen LogP contribution < -0.4 is 5.32 Å². The van der Waals surface area contributed by atoms with Crippen molar-refractivity contribution in [1.82, 2.24) is 19.7 Å². The average molecular weight is 365 g/mol. The van der Waals surface area contributed by atoms with Gasteiger partial charge >= 0.3 is 5.97 Å². The van der Waals surface area contributed by atoms with Crippen molar-refractivity contribution in [3.63, 3.8) is 0 Å². The Balaban J connectivity index is 1.75. The highest BCUT2D eigenvalue weighted by Gasteiger charge is 2.16. The van der Waals surface area contributed by atoms with Gasteiger partial charge in [-0.15, -0.1) is 0 Å². The molecule has 0 spiro atoms. The quantitative estimate of drug-likeness (QED) is 0.698. The molecule has 27 heavy (non-hydrogen) atoms. The summed E-state index contributed by atoms with van der Waals surface area (Å²) in [6, 6.07) is 7.09. The van der Waals surface area contributed by atoms with Crippen molar-refractivity contribution < 1.29 is 14.3 Å². The summed E-state index contributed by atoms with van der Waals surface area (Å²) < 4.78 is 6.66. The third kappa shape index (κ3) is 4.00. The number of aromatic nitrogens is 4. The van der Waals surface area contributed by atoms with Gasteiger partial charge in [0.15, 0.2) is 0 Å². The summed E-state index contributed by atoms with van der Waals surface area (Å²) in [6.45, 7) is 5.67. The molecule has 1 aromatic carbocycles. The molecule has 2 heterocycles. The number of esters is 1. The summed E-state index contributed by atoms with van der Waals surface area (Å²) in [5, 5.41) is 7.01. The Labute approximate surface area is 156 Å². The summed E-state index contributed by atoms with van der Waals surface area (Å²) in [4.78, 5) is 32.2. The van der Waals surface area contributed by atoms with E-state index in [1.807, 2.05) is 0 Å². The Morgan fingerprint density at radius 3 is 2.44 bits per heavy atom. The molecule has 1 N–H and O–H groups in total. The van der Waals surface area contributed by atoms with E-state index in [1.165, 1.54) is 12.4 Å². The smallest absolute Gasteiger partial charge is 0.341 e. The lowest BCUT2D eigenvalue weighted by Gasteiger charge is -2.08. The zero-order chi connectivity index (χ0) is 19.4. The molecule has 0 radical (unpaired) electrons. The Morgan fingerprint density at radius 1 is 1.07 bits per heavy atom. The minimum Gasteiger partial charge on any atom is -0.462 e. The molecule has 0 saturated heterocycles. The van der Waals surface area contributed by atoms with Crippen molar-refractivity contribution in [1.29, 1.82) is 0 Å². The van der Waals surface area contributed by atoms with Crippen LogP contribution in [0.15, 0.2) is 42.9 Å². The number of nitrogens with one attached hydrogen (secondary N) is 1. The molecule has 2 aromatic heterocycles. The van der Waals surface area contributed by atoms with Gasteiger partial charge in [0.25, 0.3) is 5.91 Å². The zero-order valence-corrected chi connectivity index (χ0v) is 15.3. The molecular weight excluding hydrogens is 346 g/mol. The number of aryl methyl sites for hydroxylation is 1. The first-order valence-corrected chi connectivity index (χ1v) is 8.41. The summed E-state index contributed by atoms with van der Waals surface area (Å²) in [5.74, 6) is -0.737. The molecular formula is C19H19N5O3. The Morgan fingerprint density at radius 2 is 1.81 bits per heavy atom. The lowest BCUT2D eigenvalue weighted by molar-refractivity contribution is 0.0525. The molecule has 0 unspecified atom stereocenters. The SMILES string of the molecule is CCOC(=O)c1cnn(-c2ccc(NC(=O)c3cnc(C)cn3)cc2)c1C. The van der Waals surface area contributed by atoms with E-state index in [2.05, 4.69) is 20.4 Å². The number of ether oxygens (including phenoxy) is 1. The predicted molar refractivity (Wildman–Crippen MR) is 99.0 cm³/mol. The summed E-state index contributed by atoms with van der Waals surface area (Å²) >= 11 is 0. The molecule has 138 valence electrons. The second kappa shape index (κ2) is 7.77. The first kappa shape index (κ1) is 18.2. The second-order valence-corrected chi connectivity index (χ2v) is 5.82. The molecule has 0 aliphatic rings. The fourth-order valence-electron chi connectivity index (χ4n) is 2.47. The molecule has 8 nitrogen and oxygen atoms in total. The second-order valence-electron chi connectivity index (χ2n) is 5.82. The van der Waals surface area contributed by atoms with Crippen molar-refractivity contribution in [2.45, 2.75) is 20.8 Å². The normalized spacial score (nSPS) is 10.5. The summed E-state index contributed by atoms with van der Waals surface area (Å²) in [6.07, 6.45) is 4.46. The fourth-order valence-corrected chi connectivity index (χ4v) is 2.47.